The van der Waals surface area contributed by atoms with Crippen LogP contribution in [-0.4, -0.2) is 37.7 Å². The van der Waals surface area contributed by atoms with E-state index in [1.807, 2.05) is 11.8 Å². The number of rotatable bonds is 7. The zero-order valence-corrected chi connectivity index (χ0v) is 14.4. The molecule has 1 fully saturated rings. The molecule has 1 heterocycles. The Labute approximate surface area is 146 Å². The number of halogens is 3. The van der Waals surface area contributed by atoms with Crippen molar-refractivity contribution in [2.45, 2.75) is 44.9 Å². The molecule has 0 radical (unpaired) electrons. The molecule has 2 rings (SSSR count). The van der Waals surface area contributed by atoms with Gasteiger partial charge in [-0.3, -0.25) is 4.79 Å². The first-order valence-corrected chi connectivity index (χ1v) is 7.86. The smallest absolute Gasteiger partial charge is 0.387 e. The van der Waals surface area contributed by atoms with E-state index in [1.54, 1.807) is 18.2 Å². The summed E-state index contributed by atoms with van der Waals surface area (Å²) >= 11 is 0. The maximum atomic E-state index is 12.5. The van der Waals surface area contributed by atoms with Crippen LogP contribution in [0.25, 0.3) is 0 Å². The highest BCUT2D eigenvalue weighted by atomic mass is 35.5. The van der Waals surface area contributed by atoms with Crippen LogP contribution in [0.4, 0.5) is 14.5 Å². The fraction of sp³-hybridized carbons (Fsp3) is 0.562. The second-order valence-corrected chi connectivity index (χ2v) is 5.68. The lowest BCUT2D eigenvalue weighted by molar-refractivity contribution is -0.123. The Kier molecular flexibility index (Phi) is 8.21. The second-order valence-electron chi connectivity index (χ2n) is 5.68. The van der Waals surface area contributed by atoms with Crippen LogP contribution in [-0.2, 0) is 4.79 Å². The Morgan fingerprint density at radius 1 is 1.46 bits per heavy atom. The zero-order chi connectivity index (χ0) is 16.8. The van der Waals surface area contributed by atoms with Gasteiger partial charge in [0.05, 0.1) is 11.7 Å². The third-order valence-electron chi connectivity index (χ3n) is 3.89. The molecular weight excluding hydrogens is 340 g/mol. The van der Waals surface area contributed by atoms with E-state index < -0.39 is 12.7 Å². The van der Waals surface area contributed by atoms with Crippen molar-refractivity contribution >= 4 is 24.0 Å². The van der Waals surface area contributed by atoms with Gasteiger partial charge in [-0.1, -0.05) is 25.5 Å². The van der Waals surface area contributed by atoms with Crippen molar-refractivity contribution in [2.24, 2.45) is 5.73 Å². The van der Waals surface area contributed by atoms with E-state index in [1.165, 1.54) is 6.07 Å². The van der Waals surface area contributed by atoms with Crippen LogP contribution in [0.3, 0.4) is 0 Å². The van der Waals surface area contributed by atoms with E-state index >= 15 is 0 Å². The van der Waals surface area contributed by atoms with E-state index in [4.69, 9.17) is 5.73 Å². The average Bonchev–Trinajstić information content (AvgIpc) is 2.95. The zero-order valence-electron chi connectivity index (χ0n) is 13.6. The number of hydrogen-bond acceptors (Lipinski definition) is 4. The lowest BCUT2D eigenvalue weighted by atomic mass is 10.1. The number of amides is 1. The van der Waals surface area contributed by atoms with Gasteiger partial charge in [0.15, 0.2) is 0 Å². The summed E-state index contributed by atoms with van der Waals surface area (Å²) in [5.74, 6) is -0.00650. The van der Waals surface area contributed by atoms with Gasteiger partial charge in [-0.15, -0.1) is 12.4 Å². The van der Waals surface area contributed by atoms with E-state index in [0.717, 1.165) is 12.8 Å². The van der Waals surface area contributed by atoms with Gasteiger partial charge in [0, 0.05) is 19.1 Å². The van der Waals surface area contributed by atoms with Crippen LogP contribution in [0.1, 0.15) is 26.2 Å². The van der Waals surface area contributed by atoms with Crippen LogP contribution < -0.4 is 20.7 Å². The average molecular weight is 364 g/mol. The monoisotopic (exact) mass is 363 g/mol. The van der Waals surface area contributed by atoms with Gasteiger partial charge in [0.2, 0.25) is 5.91 Å². The molecule has 1 aliphatic heterocycles. The second kappa shape index (κ2) is 9.64. The van der Waals surface area contributed by atoms with Crippen LogP contribution in [0.15, 0.2) is 24.3 Å². The quantitative estimate of drug-likeness (QED) is 0.781. The number of para-hydroxylation sites is 2. The number of nitrogens with one attached hydrogen (secondary N) is 1. The number of alkyl halides is 2. The van der Waals surface area contributed by atoms with Crippen molar-refractivity contribution in [1.82, 2.24) is 5.32 Å². The van der Waals surface area contributed by atoms with Crippen molar-refractivity contribution < 1.29 is 18.3 Å². The number of benzene rings is 1. The molecule has 0 bridgehead atoms. The molecule has 3 N–H and O–H groups in total. The first kappa shape index (κ1) is 20.4. The Balaban J connectivity index is 0.00000288. The van der Waals surface area contributed by atoms with Crippen molar-refractivity contribution in [2.75, 3.05) is 18.0 Å². The first-order chi connectivity index (χ1) is 11.0. The fourth-order valence-corrected chi connectivity index (χ4v) is 2.76. The topological polar surface area (TPSA) is 67.6 Å². The number of carbonyl (C=O) groups excluding carboxylic acids is 1. The summed E-state index contributed by atoms with van der Waals surface area (Å²) < 4.78 is 29.5. The summed E-state index contributed by atoms with van der Waals surface area (Å²) in [5, 5.41) is 2.93. The molecule has 0 spiro atoms. The summed E-state index contributed by atoms with van der Waals surface area (Å²) in [7, 11) is 0. The third kappa shape index (κ3) is 5.49. The summed E-state index contributed by atoms with van der Waals surface area (Å²) in [4.78, 5) is 13.9. The number of hydrogen-bond donors (Lipinski definition) is 2. The van der Waals surface area contributed by atoms with Crippen molar-refractivity contribution in [1.29, 1.82) is 0 Å². The molecule has 136 valence electrons. The number of anilines is 1. The predicted molar refractivity (Wildman–Crippen MR) is 92.0 cm³/mol. The largest absolute Gasteiger partial charge is 0.433 e. The van der Waals surface area contributed by atoms with Gasteiger partial charge >= 0.3 is 6.61 Å². The highest BCUT2D eigenvalue weighted by Gasteiger charge is 2.27. The normalized spacial score (nSPS) is 18.2. The van der Waals surface area contributed by atoms with E-state index in [2.05, 4.69) is 10.1 Å². The SMILES string of the molecule is CCCC(N)C(=O)NC1CCN(c2ccccc2OC(F)F)C1.Cl. The minimum Gasteiger partial charge on any atom is -0.433 e. The number of ether oxygens (including phenoxy) is 1. The maximum absolute atomic E-state index is 12.5. The van der Waals surface area contributed by atoms with Crippen LogP contribution in [0, 0.1) is 0 Å². The van der Waals surface area contributed by atoms with Gasteiger partial charge < -0.3 is 20.7 Å². The highest BCUT2D eigenvalue weighted by molar-refractivity contribution is 5.85. The number of nitrogens with zero attached hydrogens (tertiary/aromatic N) is 1. The van der Waals surface area contributed by atoms with Crippen molar-refractivity contribution in [3.05, 3.63) is 24.3 Å². The molecule has 24 heavy (non-hydrogen) atoms. The summed E-state index contributed by atoms with van der Waals surface area (Å²) in [6, 6.07) is 6.15. The minimum absolute atomic E-state index is 0. The molecule has 1 aromatic rings. The molecule has 1 aromatic carbocycles. The molecular formula is C16H24ClF2N3O2. The van der Waals surface area contributed by atoms with E-state index in [9.17, 15) is 13.6 Å². The molecule has 5 nitrogen and oxygen atoms in total. The molecule has 0 saturated carbocycles. The third-order valence-corrected chi connectivity index (χ3v) is 3.89. The van der Waals surface area contributed by atoms with E-state index in [-0.39, 0.29) is 30.1 Å². The Morgan fingerprint density at radius 3 is 2.83 bits per heavy atom. The first-order valence-electron chi connectivity index (χ1n) is 7.86. The lowest BCUT2D eigenvalue weighted by Gasteiger charge is -2.22. The summed E-state index contributed by atoms with van der Waals surface area (Å²) in [5.41, 5.74) is 6.41. The van der Waals surface area contributed by atoms with Crippen molar-refractivity contribution in [3.8, 4) is 5.75 Å². The molecule has 2 atom stereocenters. The molecule has 0 aromatic heterocycles. The summed E-state index contributed by atoms with van der Waals surface area (Å²) in [6.07, 6.45) is 2.24. The number of carbonyl (C=O) groups is 1. The Morgan fingerprint density at radius 2 is 2.17 bits per heavy atom. The standard InChI is InChI=1S/C16H23F2N3O2.ClH/c1-2-5-12(19)15(22)20-11-8-9-21(10-11)13-6-3-4-7-14(13)23-16(17)18;/h3-4,6-7,11-12,16H,2,5,8-10,19H2,1H3,(H,20,22);1H. The van der Waals surface area contributed by atoms with Crippen LogP contribution >= 0.6 is 12.4 Å². The van der Waals surface area contributed by atoms with Crippen molar-refractivity contribution in [3.63, 3.8) is 0 Å². The van der Waals surface area contributed by atoms with Gasteiger partial charge in [-0.2, -0.15) is 8.78 Å². The van der Waals surface area contributed by atoms with Crippen LogP contribution in [0.5, 0.6) is 5.75 Å². The maximum Gasteiger partial charge on any atom is 0.387 e. The highest BCUT2D eigenvalue weighted by Crippen LogP contribution is 2.31. The van der Waals surface area contributed by atoms with Gasteiger partial charge in [-0.25, -0.2) is 0 Å². The van der Waals surface area contributed by atoms with Gasteiger partial charge in [0.25, 0.3) is 0 Å². The minimum atomic E-state index is -2.86. The molecule has 8 heteroatoms. The Hall–Kier alpha value is -1.60. The van der Waals surface area contributed by atoms with E-state index in [0.29, 0.717) is 25.2 Å². The fourth-order valence-electron chi connectivity index (χ4n) is 2.76. The van der Waals surface area contributed by atoms with Crippen LogP contribution in [0.2, 0.25) is 0 Å². The molecule has 1 amide bonds. The summed E-state index contributed by atoms with van der Waals surface area (Å²) in [6.45, 7) is 0.331. The molecule has 0 aliphatic carbocycles. The van der Waals surface area contributed by atoms with Gasteiger partial charge in [-0.05, 0) is 25.0 Å². The molecule has 1 aliphatic rings. The molecule has 1 saturated heterocycles. The van der Waals surface area contributed by atoms with Gasteiger partial charge in [0.1, 0.15) is 5.75 Å². The molecule has 2 unspecified atom stereocenters. The Bertz CT molecular complexity index is 534. The lowest BCUT2D eigenvalue weighted by Crippen LogP contribution is -2.46. The number of nitrogens with two attached hydrogens (primary N) is 1. The predicted octanol–water partition coefficient (Wildman–Crippen LogP) is 2.53.